The summed E-state index contributed by atoms with van der Waals surface area (Å²) < 4.78 is 9.47. The number of amides is 1. The Balaban J connectivity index is 2.44. The predicted molar refractivity (Wildman–Crippen MR) is 59.7 cm³/mol. The topological polar surface area (TPSA) is 102 Å². The van der Waals surface area contributed by atoms with Gasteiger partial charge in [0.05, 0.1) is 19.6 Å². The molecule has 18 heavy (non-hydrogen) atoms. The average molecular weight is 259 g/mol. The van der Waals surface area contributed by atoms with Gasteiger partial charge in [-0.25, -0.2) is 4.79 Å². The van der Waals surface area contributed by atoms with Crippen LogP contribution in [0.4, 0.5) is 0 Å². The Hall–Kier alpha value is -1.63. The van der Waals surface area contributed by atoms with Crippen molar-refractivity contribution in [1.82, 2.24) is 5.32 Å². The summed E-state index contributed by atoms with van der Waals surface area (Å²) >= 11 is 0. The number of carbonyl (C=O) groups is 3. The third kappa shape index (κ3) is 4.33. The molecule has 1 aliphatic rings. The summed E-state index contributed by atoms with van der Waals surface area (Å²) in [4.78, 5) is 33.6. The molecule has 0 bridgehead atoms. The Bertz CT molecular complexity index is 323. The molecule has 0 aromatic carbocycles. The fourth-order valence-corrected chi connectivity index (χ4v) is 1.65. The van der Waals surface area contributed by atoms with Crippen LogP contribution in [0.1, 0.15) is 19.3 Å². The molecule has 1 aliphatic heterocycles. The maximum absolute atomic E-state index is 11.7. The van der Waals surface area contributed by atoms with Crippen molar-refractivity contribution in [3.63, 3.8) is 0 Å². The number of carboxylic acid groups (broad SMARTS) is 1. The first-order valence-corrected chi connectivity index (χ1v) is 5.72. The van der Waals surface area contributed by atoms with Crippen LogP contribution in [0.25, 0.3) is 0 Å². The molecule has 7 heteroatoms. The van der Waals surface area contributed by atoms with E-state index in [2.05, 4.69) is 10.1 Å². The highest BCUT2D eigenvalue weighted by molar-refractivity contribution is 5.85. The molecule has 0 aromatic rings. The van der Waals surface area contributed by atoms with Gasteiger partial charge in [0.1, 0.15) is 6.04 Å². The van der Waals surface area contributed by atoms with Crippen LogP contribution in [0.2, 0.25) is 0 Å². The van der Waals surface area contributed by atoms with Crippen molar-refractivity contribution in [2.75, 3.05) is 20.3 Å². The zero-order chi connectivity index (χ0) is 13.5. The molecule has 1 rings (SSSR count). The highest BCUT2D eigenvalue weighted by atomic mass is 16.5. The van der Waals surface area contributed by atoms with Crippen molar-refractivity contribution in [3.05, 3.63) is 0 Å². The summed E-state index contributed by atoms with van der Waals surface area (Å²) in [5.74, 6) is -2.30. The molecule has 0 aromatic heterocycles. The number of hydrogen-bond donors (Lipinski definition) is 2. The molecule has 0 spiro atoms. The minimum atomic E-state index is -1.16. The van der Waals surface area contributed by atoms with Crippen LogP contribution in [-0.2, 0) is 23.9 Å². The predicted octanol–water partition coefficient (Wildman–Crippen LogP) is -0.454. The summed E-state index contributed by atoms with van der Waals surface area (Å²) in [5.41, 5.74) is 0. The van der Waals surface area contributed by atoms with Gasteiger partial charge >= 0.3 is 11.9 Å². The van der Waals surface area contributed by atoms with Gasteiger partial charge in [-0.2, -0.15) is 0 Å². The molecule has 2 atom stereocenters. The van der Waals surface area contributed by atoms with E-state index in [0.717, 1.165) is 0 Å². The Morgan fingerprint density at radius 2 is 2.22 bits per heavy atom. The van der Waals surface area contributed by atoms with Gasteiger partial charge in [-0.05, 0) is 12.8 Å². The molecular formula is C11H17NO6. The first kappa shape index (κ1) is 14.4. The van der Waals surface area contributed by atoms with E-state index in [9.17, 15) is 14.4 Å². The molecule has 0 aliphatic carbocycles. The summed E-state index contributed by atoms with van der Waals surface area (Å²) in [6, 6.07) is -1.07. The summed E-state index contributed by atoms with van der Waals surface area (Å²) in [6.07, 6.45) is 0.561. The number of hydrogen-bond acceptors (Lipinski definition) is 5. The minimum absolute atomic E-state index is 0.0152. The highest BCUT2D eigenvalue weighted by Crippen LogP contribution is 2.13. The first-order chi connectivity index (χ1) is 8.54. The normalized spacial score (nSPS) is 20.2. The number of ether oxygens (including phenoxy) is 2. The lowest BCUT2D eigenvalue weighted by Gasteiger charge is -2.16. The van der Waals surface area contributed by atoms with E-state index in [0.29, 0.717) is 19.6 Å². The maximum Gasteiger partial charge on any atom is 0.326 e. The van der Waals surface area contributed by atoms with Crippen molar-refractivity contribution in [3.8, 4) is 0 Å². The smallest absolute Gasteiger partial charge is 0.326 e. The standard InChI is InChI=1S/C11H17NO6/c1-17-9(13)3-2-8(11(15)16)12-10(14)7-4-5-18-6-7/h7-8H,2-6H2,1H3,(H,12,14)(H,15,16)/t7-,8+/m1/s1. The van der Waals surface area contributed by atoms with Crippen molar-refractivity contribution >= 4 is 17.8 Å². The van der Waals surface area contributed by atoms with Crippen LogP contribution in [0.15, 0.2) is 0 Å². The van der Waals surface area contributed by atoms with E-state index in [-0.39, 0.29) is 24.7 Å². The third-order valence-electron chi connectivity index (χ3n) is 2.78. The monoisotopic (exact) mass is 259 g/mol. The zero-order valence-corrected chi connectivity index (χ0v) is 10.2. The first-order valence-electron chi connectivity index (χ1n) is 5.72. The van der Waals surface area contributed by atoms with Crippen molar-refractivity contribution in [2.24, 2.45) is 5.92 Å². The van der Waals surface area contributed by atoms with Gasteiger partial charge < -0.3 is 19.9 Å². The summed E-state index contributed by atoms with van der Waals surface area (Å²) in [6.45, 7) is 0.827. The molecule has 0 radical (unpaired) electrons. The minimum Gasteiger partial charge on any atom is -0.480 e. The molecule has 1 fully saturated rings. The van der Waals surface area contributed by atoms with Crippen LogP contribution in [0.3, 0.4) is 0 Å². The molecule has 2 N–H and O–H groups in total. The summed E-state index contributed by atoms with van der Waals surface area (Å²) in [7, 11) is 1.23. The van der Waals surface area contributed by atoms with Crippen molar-refractivity contribution in [1.29, 1.82) is 0 Å². The lowest BCUT2D eigenvalue weighted by Crippen LogP contribution is -2.44. The molecule has 1 saturated heterocycles. The second kappa shape index (κ2) is 6.95. The average Bonchev–Trinajstić information content (AvgIpc) is 2.87. The quantitative estimate of drug-likeness (QED) is 0.626. The second-order valence-corrected chi connectivity index (χ2v) is 4.07. The Morgan fingerprint density at radius 1 is 1.50 bits per heavy atom. The molecule has 102 valence electrons. The fourth-order valence-electron chi connectivity index (χ4n) is 1.65. The van der Waals surface area contributed by atoms with E-state index in [4.69, 9.17) is 9.84 Å². The number of carbonyl (C=O) groups excluding carboxylic acids is 2. The van der Waals surface area contributed by atoms with E-state index in [1.165, 1.54) is 7.11 Å². The van der Waals surface area contributed by atoms with Crippen LogP contribution >= 0.6 is 0 Å². The Morgan fingerprint density at radius 3 is 2.72 bits per heavy atom. The van der Waals surface area contributed by atoms with Crippen molar-refractivity contribution in [2.45, 2.75) is 25.3 Å². The fraction of sp³-hybridized carbons (Fsp3) is 0.727. The SMILES string of the molecule is COC(=O)CC[C@H](NC(=O)[C@@H]1CCOC1)C(=O)O. The van der Waals surface area contributed by atoms with E-state index in [1.54, 1.807) is 0 Å². The highest BCUT2D eigenvalue weighted by Gasteiger charge is 2.28. The van der Waals surface area contributed by atoms with Crippen LogP contribution in [0.5, 0.6) is 0 Å². The van der Waals surface area contributed by atoms with Crippen LogP contribution in [-0.4, -0.2) is 49.3 Å². The molecule has 1 amide bonds. The molecule has 7 nitrogen and oxygen atoms in total. The van der Waals surface area contributed by atoms with Gasteiger partial charge in [0, 0.05) is 13.0 Å². The number of esters is 1. The van der Waals surface area contributed by atoms with Gasteiger partial charge in [0.2, 0.25) is 5.91 Å². The number of carboxylic acids is 1. The van der Waals surface area contributed by atoms with Gasteiger partial charge in [-0.3, -0.25) is 9.59 Å². The molecule has 1 heterocycles. The molecule has 0 saturated carbocycles. The van der Waals surface area contributed by atoms with Gasteiger partial charge in [0.25, 0.3) is 0 Å². The van der Waals surface area contributed by atoms with E-state index < -0.39 is 18.0 Å². The van der Waals surface area contributed by atoms with Gasteiger partial charge in [0.15, 0.2) is 0 Å². The number of nitrogens with one attached hydrogen (secondary N) is 1. The van der Waals surface area contributed by atoms with E-state index in [1.807, 2.05) is 0 Å². The lowest BCUT2D eigenvalue weighted by molar-refractivity contribution is -0.144. The van der Waals surface area contributed by atoms with E-state index >= 15 is 0 Å². The van der Waals surface area contributed by atoms with Crippen LogP contribution < -0.4 is 5.32 Å². The number of rotatable bonds is 6. The zero-order valence-electron chi connectivity index (χ0n) is 10.2. The lowest BCUT2D eigenvalue weighted by atomic mass is 10.1. The third-order valence-corrected chi connectivity index (χ3v) is 2.78. The van der Waals surface area contributed by atoms with Crippen LogP contribution in [0, 0.1) is 5.92 Å². The largest absolute Gasteiger partial charge is 0.480 e. The molecular weight excluding hydrogens is 242 g/mol. The number of aliphatic carboxylic acids is 1. The van der Waals surface area contributed by atoms with Crippen molar-refractivity contribution < 1.29 is 29.0 Å². The Kier molecular flexibility index (Phi) is 5.57. The second-order valence-electron chi connectivity index (χ2n) is 4.07. The van der Waals surface area contributed by atoms with Gasteiger partial charge in [-0.1, -0.05) is 0 Å². The number of methoxy groups -OCH3 is 1. The molecule has 0 unspecified atom stereocenters. The Labute approximate surface area is 104 Å². The van der Waals surface area contributed by atoms with Gasteiger partial charge in [-0.15, -0.1) is 0 Å². The summed E-state index contributed by atoms with van der Waals surface area (Å²) in [5, 5.41) is 11.4. The maximum atomic E-state index is 11.7.